The highest BCUT2D eigenvalue weighted by atomic mass is 35.5. The van der Waals surface area contributed by atoms with Gasteiger partial charge in [-0.25, -0.2) is 13.6 Å². The van der Waals surface area contributed by atoms with E-state index in [-0.39, 0.29) is 11.1 Å². The molecule has 0 saturated carbocycles. The minimum atomic E-state index is -1.60. The summed E-state index contributed by atoms with van der Waals surface area (Å²) < 4.78 is 30.9. The first-order valence-corrected chi connectivity index (χ1v) is 5.04. The van der Waals surface area contributed by atoms with Crippen LogP contribution in [0.3, 0.4) is 0 Å². The lowest BCUT2D eigenvalue weighted by atomic mass is 10.1. The average Bonchev–Trinajstić information content (AvgIpc) is 2.33. The second-order valence-corrected chi connectivity index (χ2v) is 3.75. The Balaban J connectivity index is 3.13. The van der Waals surface area contributed by atoms with E-state index in [1.807, 2.05) is 0 Å². The standard InChI is InChI=1S/C11H9ClF2O3/c1-5-3-4-6(9(14)8(5)13)7(12)10(15)11(16)17-2/h3-4,7H,1-2H3. The molecule has 0 saturated heterocycles. The Bertz CT molecular complexity index is 474. The van der Waals surface area contributed by atoms with Crippen LogP contribution in [0.4, 0.5) is 8.78 Å². The average molecular weight is 263 g/mol. The molecule has 0 amide bonds. The van der Waals surface area contributed by atoms with Gasteiger partial charge in [0.15, 0.2) is 11.6 Å². The summed E-state index contributed by atoms with van der Waals surface area (Å²) in [6.45, 7) is 1.37. The Morgan fingerprint density at radius 1 is 1.29 bits per heavy atom. The molecule has 0 heterocycles. The zero-order valence-electron chi connectivity index (χ0n) is 9.09. The van der Waals surface area contributed by atoms with Crippen molar-refractivity contribution in [2.75, 3.05) is 7.11 Å². The molecule has 3 nitrogen and oxygen atoms in total. The van der Waals surface area contributed by atoms with E-state index in [1.165, 1.54) is 13.0 Å². The number of alkyl halides is 1. The largest absolute Gasteiger partial charge is 0.463 e. The number of Topliss-reactive ketones (excluding diaryl/α,β-unsaturated/α-hetero) is 1. The van der Waals surface area contributed by atoms with Crippen molar-refractivity contribution in [3.8, 4) is 0 Å². The summed E-state index contributed by atoms with van der Waals surface area (Å²) in [4.78, 5) is 22.2. The normalized spacial score (nSPS) is 12.1. The summed E-state index contributed by atoms with van der Waals surface area (Å²) in [6.07, 6.45) is 0. The number of ether oxygens (including phenoxy) is 1. The predicted octanol–water partition coefficient (Wildman–Crippen LogP) is 2.30. The molecule has 92 valence electrons. The molecule has 0 N–H and O–H groups in total. The van der Waals surface area contributed by atoms with Gasteiger partial charge in [-0.2, -0.15) is 0 Å². The van der Waals surface area contributed by atoms with Crippen LogP contribution in [0.25, 0.3) is 0 Å². The van der Waals surface area contributed by atoms with E-state index in [2.05, 4.69) is 4.74 Å². The van der Waals surface area contributed by atoms with Crippen LogP contribution in [0.2, 0.25) is 0 Å². The van der Waals surface area contributed by atoms with E-state index in [9.17, 15) is 18.4 Å². The molecule has 1 aromatic carbocycles. The first kappa shape index (κ1) is 13.6. The van der Waals surface area contributed by atoms with Crippen molar-refractivity contribution in [3.63, 3.8) is 0 Å². The van der Waals surface area contributed by atoms with Gasteiger partial charge in [-0.3, -0.25) is 4.79 Å². The summed E-state index contributed by atoms with van der Waals surface area (Å²) in [5.74, 6) is -4.67. The lowest BCUT2D eigenvalue weighted by Gasteiger charge is -2.10. The number of hydrogen-bond donors (Lipinski definition) is 0. The van der Waals surface area contributed by atoms with Gasteiger partial charge in [0.1, 0.15) is 5.38 Å². The topological polar surface area (TPSA) is 43.4 Å². The van der Waals surface area contributed by atoms with Gasteiger partial charge in [-0.1, -0.05) is 12.1 Å². The van der Waals surface area contributed by atoms with Crippen molar-refractivity contribution in [1.29, 1.82) is 0 Å². The molecular formula is C11H9ClF2O3. The summed E-state index contributed by atoms with van der Waals surface area (Å²) in [7, 11) is 0.996. The SMILES string of the molecule is COC(=O)C(=O)C(Cl)c1ccc(C)c(F)c1F. The monoisotopic (exact) mass is 262 g/mol. The fraction of sp³-hybridized carbons (Fsp3) is 0.273. The molecular weight excluding hydrogens is 254 g/mol. The van der Waals surface area contributed by atoms with Crippen LogP contribution in [0.15, 0.2) is 12.1 Å². The summed E-state index contributed by atoms with van der Waals surface area (Å²) >= 11 is 5.60. The third kappa shape index (κ3) is 2.61. The van der Waals surface area contributed by atoms with E-state index in [0.717, 1.165) is 13.2 Å². The van der Waals surface area contributed by atoms with E-state index in [4.69, 9.17) is 11.6 Å². The summed E-state index contributed by atoms with van der Waals surface area (Å²) in [5.41, 5.74) is -0.300. The summed E-state index contributed by atoms with van der Waals surface area (Å²) in [6, 6.07) is 2.43. The molecule has 0 aliphatic carbocycles. The third-order valence-corrected chi connectivity index (χ3v) is 2.63. The van der Waals surface area contributed by atoms with Gasteiger partial charge in [0.05, 0.1) is 7.11 Å². The van der Waals surface area contributed by atoms with Crippen LogP contribution in [0.5, 0.6) is 0 Å². The Hall–Kier alpha value is -1.49. The highest BCUT2D eigenvalue weighted by Gasteiger charge is 2.29. The van der Waals surface area contributed by atoms with Crippen molar-refractivity contribution in [2.24, 2.45) is 0 Å². The molecule has 0 spiro atoms. The van der Waals surface area contributed by atoms with Gasteiger partial charge < -0.3 is 4.74 Å². The Kier molecular flexibility index (Phi) is 4.17. The van der Waals surface area contributed by atoms with Crippen molar-refractivity contribution >= 4 is 23.4 Å². The fourth-order valence-electron chi connectivity index (χ4n) is 1.20. The molecule has 0 aliphatic heterocycles. The molecule has 0 aromatic heterocycles. The second-order valence-electron chi connectivity index (χ2n) is 3.32. The van der Waals surface area contributed by atoms with Crippen LogP contribution < -0.4 is 0 Å². The zero-order valence-corrected chi connectivity index (χ0v) is 9.85. The molecule has 1 atom stereocenters. The van der Waals surface area contributed by atoms with Gasteiger partial charge in [0.25, 0.3) is 5.78 Å². The van der Waals surface area contributed by atoms with Gasteiger partial charge >= 0.3 is 5.97 Å². The molecule has 0 fully saturated rings. The third-order valence-electron chi connectivity index (χ3n) is 2.20. The van der Waals surface area contributed by atoms with Crippen LogP contribution >= 0.6 is 11.6 Å². The van der Waals surface area contributed by atoms with Crippen molar-refractivity contribution in [1.82, 2.24) is 0 Å². The molecule has 1 unspecified atom stereocenters. The smallest absolute Gasteiger partial charge is 0.376 e. The van der Waals surface area contributed by atoms with Gasteiger partial charge in [-0.15, -0.1) is 11.6 Å². The fourth-order valence-corrected chi connectivity index (χ4v) is 1.46. The van der Waals surface area contributed by atoms with Crippen molar-refractivity contribution < 1.29 is 23.1 Å². The first-order chi connectivity index (χ1) is 7.90. The number of carbonyl (C=O) groups is 2. The van der Waals surface area contributed by atoms with Crippen molar-refractivity contribution in [3.05, 3.63) is 34.9 Å². The molecule has 6 heteroatoms. The van der Waals surface area contributed by atoms with Crippen LogP contribution in [0.1, 0.15) is 16.5 Å². The maximum absolute atomic E-state index is 13.5. The highest BCUT2D eigenvalue weighted by molar-refractivity contribution is 6.47. The number of benzene rings is 1. The number of carbonyl (C=O) groups excluding carboxylic acids is 2. The van der Waals surface area contributed by atoms with E-state index in [0.29, 0.717) is 0 Å². The van der Waals surface area contributed by atoms with Crippen molar-refractivity contribution in [2.45, 2.75) is 12.3 Å². The Morgan fingerprint density at radius 2 is 1.88 bits per heavy atom. The minimum Gasteiger partial charge on any atom is -0.463 e. The van der Waals surface area contributed by atoms with Crippen LogP contribution in [0, 0.1) is 18.6 Å². The number of rotatable bonds is 3. The predicted molar refractivity (Wildman–Crippen MR) is 56.7 cm³/mol. The number of esters is 1. The lowest BCUT2D eigenvalue weighted by molar-refractivity contribution is -0.151. The van der Waals surface area contributed by atoms with Gasteiger partial charge in [0, 0.05) is 5.56 Å². The molecule has 0 aliphatic rings. The number of aryl methyl sites for hydroxylation is 1. The van der Waals surface area contributed by atoms with E-state index in [1.54, 1.807) is 0 Å². The van der Waals surface area contributed by atoms with Gasteiger partial charge in [0.2, 0.25) is 0 Å². The number of ketones is 1. The van der Waals surface area contributed by atoms with Gasteiger partial charge in [-0.05, 0) is 12.5 Å². The number of halogens is 3. The highest BCUT2D eigenvalue weighted by Crippen LogP contribution is 2.27. The second kappa shape index (κ2) is 5.23. The molecule has 0 bridgehead atoms. The zero-order chi connectivity index (χ0) is 13.2. The quantitative estimate of drug-likeness (QED) is 0.477. The number of methoxy groups -OCH3 is 1. The Labute approximate surface area is 101 Å². The minimum absolute atomic E-state index is 0.0839. The number of hydrogen-bond acceptors (Lipinski definition) is 3. The summed E-state index contributed by atoms with van der Waals surface area (Å²) in [5, 5.41) is -1.60. The maximum Gasteiger partial charge on any atom is 0.376 e. The molecule has 1 rings (SSSR count). The molecule has 0 radical (unpaired) electrons. The Morgan fingerprint density at radius 3 is 2.41 bits per heavy atom. The molecule has 1 aromatic rings. The van der Waals surface area contributed by atoms with Crippen LogP contribution in [-0.2, 0) is 14.3 Å². The van der Waals surface area contributed by atoms with E-state index < -0.39 is 28.8 Å². The maximum atomic E-state index is 13.5. The van der Waals surface area contributed by atoms with Crippen LogP contribution in [-0.4, -0.2) is 18.9 Å². The molecule has 17 heavy (non-hydrogen) atoms. The lowest BCUT2D eigenvalue weighted by Crippen LogP contribution is -2.21. The van der Waals surface area contributed by atoms with E-state index >= 15 is 0 Å². The first-order valence-electron chi connectivity index (χ1n) is 4.60.